The number of terminal acetylenes is 1. The molecule has 0 unspecified atom stereocenters. The lowest BCUT2D eigenvalue weighted by Crippen LogP contribution is -2.38. The van der Waals surface area contributed by atoms with E-state index in [1.165, 1.54) is 41.5 Å². The number of esters is 2. The number of H-pyrrole nitrogens is 1. The van der Waals surface area contributed by atoms with E-state index in [-0.39, 0.29) is 5.56 Å². The summed E-state index contributed by atoms with van der Waals surface area (Å²) in [5.41, 5.74) is -4.11. The zero-order valence-corrected chi connectivity index (χ0v) is 23.2. The second kappa shape index (κ2) is 12.1. The molecule has 3 atom stereocenters. The molecule has 13 nitrogen and oxygen atoms in total. The SMILES string of the molecule is C#Cc1cn([C@H]2C[C@H](F)[C@@](F)(COP(=O)(OCOC(=O)C(C)(C)C)OCOC(=O)C(C)(C)C)O2)c(=O)[nH]c1=O. The molecule has 2 heterocycles. The number of carbonyl (C=O) groups is 2. The fourth-order valence-electron chi connectivity index (χ4n) is 2.80. The molecule has 0 radical (unpaired) electrons. The van der Waals surface area contributed by atoms with Crippen LogP contribution in [0.1, 0.15) is 59.8 Å². The third-order valence-electron chi connectivity index (χ3n) is 5.09. The summed E-state index contributed by atoms with van der Waals surface area (Å²) in [6, 6.07) is 0. The van der Waals surface area contributed by atoms with Gasteiger partial charge in [-0.3, -0.25) is 28.5 Å². The minimum absolute atomic E-state index is 0.290. The lowest BCUT2D eigenvalue weighted by molar-refractivity contribution is -0.197. The topological polar surface area (TPSA) is 161 Å². The van der Waals surface area contributed by atoms with Crippen molar-refractivity contribution in [1.82, 2.24) is 9.55 Å². The van der Waals surface area contributed by atoms with Crippen LogP contribution in [0, 0.1) is 23.2 Å². The number of nitrogens with zero attached hydrogens (tertiary/aromatic N) is 1. The van der Waals surface area contributed by atoms with Gasteiger partial charge in [0.25, 0.3) is 11.4 Å². The summed E-state index contributed by atoms with van der Waals surface area (Å²) >= 11 is 0. The number of nitrogens with one attached hydrogen (secondary N) is 1. The number of alkyl halides is 2. The highest BCUT2D eigenvalue weighted by Gasteiger charge is 2.53. The molecule has 0 bridgehead atoms. The average Bonchev–Trinajstić information content (AvgIpc) is 3.11. The lowest BCUT2D eigenvalue weighted by Gasteiger charge is -2.25. The lowest BCUT2D eigenvalue weighted by atomic mass is 9.98. The summed E-state index contributed by atoms with van der Waals surface area (Å²) in [6.07, 6.45) is 1.40. The largest absolute Gasteiger partial charge is 0.480 e. The predicted molar refractivity (Wildman–Crippen MR) is 129 cm³/mol. The van der Waals surface area contributed by atoms with E-state index in [1.807, 2.05) is 10.9 Å². The van der Waals surface area contributed by atoms with E-state index in [0.717, 1.165) is 6.20 Å². The molecule has 0 spiro atoms. The minimum atomic E-state index is -4.86. The molecule has 0 aromatic carbocycles. The molecular weight excluding hydrogens is 549 g/mol. The predicted octanol–water partition coefficient (Wildman–Crippen LogP) is 2.69. The Hall–Kier alpha value is -2.89. The number of phosphoric ester groups is 1. The molecule has 0 saturated carbocycles. The third-order valence-corrected chi connectivity index (χ3v) is 6.38. The van der Waals surface area contributed by atoms with Gasteiger partial charge in [-0.15, -0.1) is 6.42 Å². The first-order valence-electron chi connectivity index (χ1n) is 11.5. The van der Waals surface area contributed by atoms with E-state index >= 15 is 4.39 Å². The van der Waals surface area contributed by atoms with Crippen LogP contribution in [0.2, 0.25) is 0 Å². The van der Waals surface area contributed by atoms with E-state index in [1.54, 1.807) is 0 Å². The number of hydrogen-bond donors (Lipinski definition) is 1. The smallest absolute Gasteiger partial charge is 0.437 e. The number of halogens is 2. The number of phosphoric acid groups is 1. The van der Waals surface area contributed by atoms with Crippen molar-refractivity contribution < 1.29 is 50.7 Å². The van der Waals surface area contributed by atoms with Crippen molar-refractivity contribution in [1.29, 1.82) is 0 Å². The normalized spacial score (nSPS) is 21.8. The standard InChI is InChI=1S/C23H31F2N2O11P/c1-8-14-10-27(20(31)26-17(14)28)16-9-15(24)23(25,38-16)11-35-39(32,36-12-33-18(29)21(2,3)4)37-13-34-19(30)22(5,6)7/h1,10,15-16H,9,11-13H2,2-7H3,(H,26,28,31)/t15-,16+,23+/m0/s1. The van der Waals surface area contributed by atoms with Crippen molar-refractivity contribution in [2.45, 2.75) is 66.2 Å². The second-order valence-corrected chi connectivity index (χ2v) is 12.2. The highest BCUT2D eigenvalue weighted by Crippen LogP contribution is 2.52. The maximum Gasteiger partial charge on any atom is 0.480 e. The molecule has 218 valence electrons. The molecule has 1 aliphatic rings. The van der Waals surface area contributed by atoms with Crippen molar-refractivity contribution in [3.05, 3.63) is 32.6 Å². The molecular formula is C23H31F2N2O11P. The summed E-state index contributed by atoms with van der Waals surface area (Å²) in [7, 11) is -4.86. The maximum atomic E-state index is 15.4. The molecule has 1 aliphatic heterocycles. The van der Waals surface area contributed by atoms with E-state index in [0.29, 0.717) is 4.57 Å². The third kappa shape index (κ3) is 8.55. The van der Waals surface area contributed by atoms with Crippen LogP contribution in [0.5, 0.6) is 0 Å². The van der Waals surface area contributed by atoms with Crippen LogP contribution in [0.15, 0.2) is 15.8 Å². The number of ether oxygens (including phenoxy) is 3. The first-order valence-corrected chi connectivity index (χ1v) is 13.0. The Morgan fingerprint density at radius 2 is 1.64 bits per heavy atom. The minimum Gasteiger partial charge on any atom is -0.437 e. The zero-order chi connectivity index (χ0) is 29.8. The molecule has 0 amide bonds. The van der Waals surface area contributed by atoms with Crippen molar-refractivity contribution in [2.75, 3.05) is 20.2 Å². The average molecular weight is 580 g/mol. The Bertz CT molecular complexity index is 1240. The fourth-order valence-corrected chi connectivity index (χ4v) is 3.72. The van der Waals surface area contributed by atoms with Crippen LogP contribution < -0.4 is 11.2 Å². The molecule has 0 aliphatic carbocycles. The van der Waals surface area contributed by atoms with Gasteiger partial charge in [0.05, 0.1) is 10.8 Å². The van der Waals surface area contributed by atoms with Crippen molar-refractivity contribution >= 4 is 19.8 Å². The fraction of sp³-hybridized carbons (Fsp3) is 0.652. The number of aromatic nitrogens is 2. The van der Waals surface area contributed by atoms with E-state index in [9.17, 15) is 28.1 Å². The van der Waals surface area contributed by atoms with Crippen LogP contribution in [-0.4, -0.2) is 53.7 Å². The van der Waals surface area contributed by atoms with E-state index < -0.39 is 86.7 Å². The highest BCUT2D eigenvalue weighted by molar-refractivity contribution is 7.48. The summed E-state index contributed by atoms with van der Waals surface area (Å²) in [6.45, 7) is 5.90. The Morgan fingerprint density at radius 3 is 2.10 bits per heavy atom. The van der Waals surface area contributed by atoms with Crippen molar-refractivity contribution in [2.24, 2.45) is 10.8 Å². The summed E-state index contributed by atoms with van der Waals surface area (Å²) in [5.74, 6) is -2.75. The highest BCUT2D eigenvalue weighted by atomic mass is 31.2. The molecule has 16 heteroatoms. The van der Waals surface area contributed by atoms with Gasteiger partial charge in [-0.1, -0.05) is 5.92 Å². The molecule has 1 aromatic rings. The molecule has 1 aromatic heterocycles. The molecule has 39 heavy (non-hydrogen) atoms. The quantitative estimate of drug-likeness (QED) is 0.187. The van der Waals surface area contributed by atoms with Gasteiger partial charge in [-0.25, -0.2) is 27.2 Å². The van der Waals surface area contributed by atoms with Gasteiger partial charge in [-0.05, 0) is 41.5 Å². The molecule has 1 fully saturated rings. The summed E-state index contributed by atoms with van der Waals surface area (Å²) in [5, 5.41) is 0. The van der Waals surface area contributed by atoms with E-state index in [4.69, 9.17) is 34.2 Å². The number of carbonyl (C=O) groups excluding carboxylic acids is 2. The molecule has 1 saturated heterocycles. The van der Waals surface area contributed by atoms with Gasteiger partial charge in [0, 0.05) is 12.6 Å². The Kier molecular flexibility index (Phi) is 10.0. The Balaban J connectivity index is 2.16. The molecule has 2 rings (SSSR count). The van der Waals surface area contributed by atoms with Crippen LogP contribution in [0.4, 0.5) is 8.78 Å². The van der Waals surface area contributed by atoms with Gasteiger partial charge in [0.1, 0.15) is 18.4 Å². The van der Waals surface area contributed by atoms with Gasteiger partial charge in [-0.2, -0.15) is 0 Å². The number of hydrogen-bond acceptors (Lipinski definition) is 11. The first-order chi connectivity index (χ1) is 17.8. The number of rotatable bonds is 10. The van der Waals surface area contributed by atoms with Crippen molar-refractivity contribution in [3.8, 4) is 12.3 Å². The van der Waals surface area contributed by atoms with Crippen LogP contribution >= 0.6 is 7.82 Å². The van der Waals surface area contributed by atoms with Gasteiger partial charge in [0.2, 0.25) is 13.6 Å². The van der Waals surface area contributed by atoms with Crippen LogP contribution in [-0.2, 0) is 41.9 Å². The van der Waals surface area contributed by atoms with Gasteiger partial charge in [0.15, 0.2) is 6.17 Å². The van der Waals surface area contributed by atoms with Gasteiger partial charge >= 0.3 is 25.5 Å². The summed E-state index contributed by atoms with van der Waals surface area (Å²) < 4.78 is 73.4. The summed E-state index contributed by atoms with van der Waals surface area (Å²) in [4.78, 5) is 49.6. The Morgan fingerprint density at radius 1 is 1.13 bits per heavy atom. The zero-order valence-electron chi connectivity index (χ0n) is 22.3. The van der Waals surface area contributed by atoms with Crippen LogP contribution in [0.3, 0.4) is 0 Å². The number of aromatic amines is 1. The van der Waals surface area contributed by atoms with E-state index in [2.05, 4.69) is 0 Å². The first kappa shape index (κ1) is 32.3. The van der Waals surface area contributed by atoms with Crippen LogP contribution in [0.25, 0.3) is 0 Å². The van der Waals surface area contributed by atoms with Gasteiger partial charge < -0.3 is 14.2 Å². The monoisotopic (exact) mass is 580 g/mol. The Labute approximate surface area is 222 Å². The maximum absolute atomic E-state index is 15.4. The van der Waals surface area contributed by atoms with Crippen molar-refractivity contribution in [3.63, 3.8) is 0 Å². The second-order valence-electron chi connectivity index (χ2n) is 10.5. The molecule has 1 N–H and O–H groups in total.